The van der Waals surface area contributed by atoms with Crippen LogP contribution in [0.4, 0.5) is 0 Å². The molecule has 2 rings (SSSR count). The number of rotatable bonds is 3. The molecule has 0 bridgehead atoms. The molecule has 0 saturated carbocycles. The van der Waals surface area contributed by atoms with E-state index in [-0.39, 0.29) is 5.75 Å². The third-order valence-electron chi connectivity index (χ3n) is 2.86. The third-order valence-corrected chi connectivity index (χ3v) is 2.86. The number of ether oxygens (including phenoxy) is 1. The lowest BCUT2D eigenvalue weighted by Crippen LogP contribution is -1.91. The van der Waals surface area contributed by atoms with Crippen LogP contribution in [0.25, 0.3) is 16.7 Å². The highest BCUT2D eigenvalue weighted by atomic mass is 16.5. The Morgan fingerprint density at radius 2 is 1.83 bits per heavy atom. The molecule has 0 unspecified atom stereocenters. The molecule has 0 fully saturated rings. The average Bonchev–Trinajstić information content (AvgIpc) is 2.38. The summed E-state index contributed by atoms with van der Waals surface area (Å²) in [6.45, 7) is 5.97. The summed E-state index contributed by atoms with van der Waals surface area (Å²) in [6, 6.07) is 13.2. The van der Waals surface area contributed by atoms with Gasteiger partial charge in [-0.2, -0.15) is 0 Å². The van der Waals surface area contributed by atoms with Gasteiger partial charge < -0.3 is 9.84 Å². The average molecular weight is 240 g/mol. The number of hydrogen-bond donors (Lipinski definition) is 1. The Morgan fingerprint density at radius 3 is 2.50 bits per heavy atom. The van der Waals surface area contributed by atoms with Crippen molar-refractivity contribution in [3.63, 3.8) is 0 Å². The molecule has 92 valence electrons. The van der Waals surface area contributed by atoms with E-state index in [1.807, 2.05) is 37.3 Å². The maximum atomic E-state index is 9.50. The van der Waals surface area contributed by atoms with E-state index in [2.05, 4.69) is 6.58 Å². The SMILES string of the molecule is C=C(C)c1ccccc1-c1ccc(O)cc1OC. The van der Waals surface area contributed by atoms with Gasteiger partial charge in [-0.15, -0.1) is 0 Å². The van der Waals surface area contributed by atoms with Gasteiger partial charge >= 0.3 is 0 Å². The standard InChI is InChI=1S/C16H16O2/c1-11(2)13-6-4-5-7-14(13)15-9-8-12(17)10-16(15)18-3/h4-10,17H,1H2,2-3H3. The van der Waals surface area contributed by atoms with Crippen LogP contribution in [0.2, 0.25) is 0 Å². The van der Waals surface area contributed by atoms with Gasteiger partial charge in [-0.05, 0) is 30.2 Å². The molecule has 18 heavy (non-hydrogen) atoms. The van der Waals surface area contributed by atoms with Crippen molar-refractivity contribution in [2.75, 3.05) is 7.11 Å². The van der Waals surface area contributed by atoms with E-state index >= 15 is 0 Å². The van der Waals surface area contributed by atoms with Crippen LogP contribution in [0.3, 0.4) is 0 Å². The summed E-state index contributed by atoms with van der Waals surface area (Å²) >= 11 is 0. The van der Waals surface area contributed by atoms with Gasteiger partial charge in [0.15, 0.2) is 0 Å². The van der Waals surface area contributed by atoms with E-state index in [0.29, 0.717) is 5.75 Å². The van der Waals surface area contributed by atoms with Gasteiger partial charge in [0.25, 0.3) is 0 Å². The molecule has 0 spiro atoms. The molecule has 0 atom stereocenters. The van der Waals surface area contributed by atoms with Crippen molar-refractivity contribution in [3.8, 4) is 22.6 Å². The molecule has 0 radical (unpaired) electrons. The van der Waals surface area contributed by atoms with Gasteiger partial charge in [0.2, 0.25) is 0 Å². The van der Waals surface area contributed by atoms with Crippen LogP contribution in [0, 0.1) is 0 Å². The third kappa shape index (κ3) is 2.23. The van der Waals surface area contributed by atoms with Crippen LogP contribution >= 0.6 is 0 Å². The van der Waals surface area contributed by atoms with Crippen LogP contribution in [0.15, 0.2) is 49.0 Å². The topological polar surface area (TPSA) is 29.5 Å². The van der Waals surface area contributed by atoms with Gasteiger partial charge in [-0.1, -0.05) is 36.4 Å². The molecule has 0 amide bonds. The van der Waals surface area contributed by atoms with Crippen molar-refractivity contribution in [1.29, 1.82) is 0 Å². The first-order chi connectivity index (χ1) is 8.63. The van der Waals surface area contributed by atoms with Gasteiger partial charge in [0.1, 0.15) is 11.5 Å². The minimum atomic E-state index is 0.198. The predicted octanol–water partition coefficient (Wildman–Crippen LogP) is 4.10. The van der Waals surface area contributed by atoms with Crippen molar-refractivity contribution in [1.82, 2.24) is 0 Å². The highest BCUT2D eigenvalue weighted by Gasteiger charge is 2.10. The fourth-order valence-electron chi connectivity index (χ4n) is 1.99. The second-order valence-corrected chi connectivity index (χ2v) is 4.21. The van der Waals surface area contributed by atoms with E-state index in [0.717, 1.165) is 22.3 Å². The summed E-state index contributed by atoms with van der Waals surface area (Å²) < 4.78 is 5.33. The second-order valence-electron chi connectivity index (χ2n) is 4.21. The Balaban J connectivity index is 2.65. The summed E-state index contributed by atoms with van der Waals surface area (Å²) in [5, 5.41) is 9.50. The first-order valence-corrected chi connectivity index (χ1v) is 5.75. The van der Waals surface area contributed by atoms with Crippen LogP contribution < -0.4 is 4.74 Å². The van der Waals surface area contributed by atoms with Crippen LogP contribution in [-0.4, -0.2) is 12.2 Å². The number of allylic oxidation sites excluding steroid dienone is 1. The van der Waals surface area contributed by atoms with Crippen molar-refractivity contribution in [2.45, 2.75) is 6.92 Å². The maximum absolute atomic E-state index is 9.50. The van der Waals surface area contributed by atoms with Gasteiger partial charge in [0.05, 0.1) is 7.11 Å². The lowest BCUT2D eigenvalue weighted by Gasteiger charge is -2.13. The minimum Gasteiger partial charge on any atom is -0.508 e. The Bertz CT molecular complexity index is 585. The lowest BCUT2D eigenvalue weighted by molar-refractivity contribution is 0.409. The number of phenolic OH excluding ortho intramolecular Hbond substituents is 1. The number of aromatic hydroxyl groups is 1. The molecule has 0 saturated heterocycles. The number of hydrogen-bond acceptors (Lipinski definition) is 2. The molecule has 2 heteroatoms. The minimum absolute atomic E-state index is 0.198. The van der Waals surface area contributed by atoms with Crippen molar-refractivity contribution in [2.24, 2.45) is 0 Å². The zero-order chi connectivity index (χ0) is 13.1. The van der Waals surface area contributed by atoms with Gasteiger partial charge in [-0.25, -0.2) is 0 Å². The fourth-order valence-corrected chi connectivity index (χ4v) is 1.99. The zero-order valence-corrected chi connectivity index (χ0v) is 10.6. The maximum Gasteiger partial charge on any atom is 0.130 e. The fraction of sp³-hybridized carbons (Fsp3) is 0.125. The molecule has 2 nitrogen and oxygen atoms in total. The smallest absolute Gasteiger partial charge is 0.130 e. The Labute approximate surface area is 107 Å². The molecule has 0 heterocycles. The summed E-state index contributed by atoms with van der Waals surface area (Å²) in [5.41, 5.74) is 4.10. The van der Waals surface area contributed by atoms with Crippen LogP contribution in [-0.2, 0) is 0 Å². The first-order valence-electron chi connectivity index (χ1n) is 5.75. The van der Waals surface area contributed by atoms with Crippen molar-refractivity contribution in [3.05, 3.63) is 54.6 Å². The zero-order valence-electron chi connectivity index (χ0n) is 10.6. The Kier molecular flexibility index (Phi) is 3.38. The first kappa shape index (κ1) is 12.2. The highest BCUT2D eigenvalue weighted by molar-refractivity contribution is 5.83. The molecule has 2 aromatic carbocycles. The van der Waals surface area contributed by atoms with Crippen LogP contribution in [0.5, 0.6) is 11.5 Å². The Hall–Kier alpha value is -2.22. The van der Waals surface area contributed by atoms with E-state index in [4.69, 9.17) is 4.74 Å². The predicted molar refractivity (Wildman–Crippen MR) is 74.8 cm³/mol. The lowest BCUT2D eigenvalue weighted by atomic mass is 9.95. The summed E-state index contributed by atoms with van der Waals surface area (Å²) in [7, 11) is 1.60. The normalized spacial score (nSPS) is 10.1. The monoisotopic (exact) mass is 240 g/mol. The highest BCUT2D eigenvalue weighted by Crippen LogP contribution is 2.36. The molecular weight excluding hydrogens is 224 g/mol. The van der Waals surface area contributed by atoms with E-state index in [9.17, 15) is 5.11 Å². The number of methoxy groups -OCH3 is 1. The van der Waals surface area contributed by atoms with Gasteiger partial charge in [-0.3, -0.25) is 0 Å². The van der Waals surface area contributed by atoms with E-state index in [1.165, 1.54) is 0 Å². The molecule has 0 aliphatic carbocycles. The second kappa shape index (κ2) is 4.96. The summed E-state index contributed by atoms with van der Waals surface area (Å²) in [5.74, 6) is 0.854. The molecule has 0 aliphatic heterocycles. The quantitative estimate of drug-likeness (QED) is 0.875. The number of phenols is 1. The summed E-state index contributed by atoms with van der Waals surface area (Å²) in [4.78, 5) is 0. The number of benzene rings is 2. The largest absolute Gasteiger partial charge is 0.508 e. The van der Waals surface area contributed by atoms with E-state index < -0.39 is 0 Å². The van der Waals surface area contributed by atoms with Crippen LogP contribution in [0.1, 0.15) is 12.5 Å². The molecule has 0 aromatic heterocycles. The van der Waals surface area contributed by atoms with Crippen molar-refractivity contribution < 1.29 is 9.84 Å². The molecular formula is C16H16O2. The van der Waals surface area contributed by atoms with E-state index in [1.54, 1.807) is 19.2 Å². The molecule has 1 N–H and O–H groups in total. The molecule has 2 aromatic rings. The van der Waals surface area contributed by atoms with Gasteiger partial charge in [0, 0.05) is 11.6 Å². The van der Waals surface area contributed by atoms with Crippen molar-refractivity contribution >= 4 is 5.57 Å². The molecule has 0 aliphatic rings. The Morgan fingerprint density at radius 1 is 1.11 bits per heavy atom. The summed E-state index contributed by atoms with van der Waals surface area (Å²) in [6.07, 6.45) is 0.